The van der Waals surface area contributed by atoms with Crippen LogP contribution in [0.4, 0.5) is 5.13 Å². The lowest BCUT2D eigenvalue weighted by molar-refractivity contribution is 0.706. The van der Waals surface area contributed by atoms with Gasteiger partial charge in [0.05, 0.1) is 22.3 Å². The van der Waals surface area contributed by atoms with Crippen molar-refractivity contribution in [1.29, 1.82) is 0 Å². The van der Waals surface area contributed by atoms with Crippen molar-refractivity contribution in [3.05, 3.63) is 93.5 Å². The number of aromatic nitrogens is 1. The molecule has 1 atom stereocenters. The van der Waals surface area contributed by atoms with Gasteiger partial charge in [0.1, 0.15) is 0 Å². The molecule has 0 saturated carbocycles. The second-order valence-corrected chi connectivity index (χ2v) is 8.66. The molecule has 4 aromatic rings. The van der Waals surface area contributed by atoms with Crippen LogP contribution in [0.2, 0.25) is 0 Å². The second kappa shape index (κ2) is 7.34. The first-order valence-electron chi connectivity index (χ1n) is 9.26. The monoisotopic (exact) mass is 401 g/mol. The fourth-order valence-corrected chi connectivity index (χ4v) is 4.99. The Labute approximate surface area is 172 Å². The molecule has 0 N–H and O–H groups in total. The number of nitrogens with zero attached hydrogens (tertiary/aromatic N) is 3. The summed E-state index contributed by atoms with van der Waals surface area (Å²) in [5.74, 6) is 0. The molecule has 0 bridgehead atoms. The van der Waals surface area contributed by atoms with Crippen LogP contribution in [0.1, 0.15) is 28.5 Å². The molecular weight excluding hydrogens is 382 g/mol. The number of hydrazone groups is 1. The molecule has 138 valence electrons. The van der Waals surface area contributed by atoms with Crippen LogP contribution in [0.5, 0.6) is 0 Å². The summed E-state index contributed by atoms with van der Waals surface area (Å²) in [4.78, 5) is 6.16. The summed E-state index contributed by atoms with van der Waals surface area (Å²) < 4.78 is 0. The van der Waals surface area contributed by atoms with E-state index in [1.807, 2.05) is 0 Å². The summed E-state index contributed by atoms with van der Waals surface area (Å²) >= 11 is 3.40. The number of rotatable bonds is 4. The summed E-state index contributed by atoms with van der Waals surface area (Å²) in [6.45, 7) is 2.10. The Morgan fingerprint density at radius 3 is 2.50 bits per heavy atom. The summed E-state index contributed by atoms with van der Waals surface area (Å²) in [5, 5.41) is 12.3. The second-order valence-electron chi connectivity index (χ2n) is 6.88. The normalized spacial score (nSPS) is 16.4. The van der Waals surface area contributed by atoms with E-state index in [2.05, 4.69) is 89.4 Å². The van der Waals surface area contributed by atoms with Crippen molar-refractivity contribution in [2.45, 2.75) is 19.4 Å². The fourth-order valence-electron chi connectivity index (χ4n) is 3.44. The average molecular weight is 402 g/mol. The Bertz CT molecular complexity index is 1100. The number of anilines is 1. The third-order valence-electron chi connectivity index (χ3n) is 4.94. The molecule has 1 unspecified atom stereocenters. The average Bonchev–Trinajstić information content (AvgIpc) is 3.48. The predicted molar refractivity (Wildman–Crippen MR) is 119 cm³/mol. The van der Waals surface area contributed by atoms with Gasteiger partial charge in [0.25, 0.3) is 0 Å². The summed E-state index contributed by atoms with van der Waals surface area (Å²) in [6, 6.07) is 23.5. The zero-order valence-electron chi connectivity index (χ0n) is 15.4. The lowest BCUT2D eigenvalue weighted by atomic mass is 10.0. The van der Waals surface area contributed by atoms with Crippen molar-refractivity contribution >= 4 is 33.5 Å². The molecule has 0 saturated heterocycles. The van der Waals surface area contributed by atoms with Gasteiger partial charge in [0.2, 0.25) is 5.13 Å². The number of thiophene rings is 1. The molecule has 5 heteroatoms. The third-order valence-corrected chi connectivity index (χ3v) is 6.68. The fraction of sp³-hybridized carbons (Fsp3) is 0.130. The Morgan fingerprint density at radius 1 is 0.929 bits per heavy atom. The van der Waals surface area contributed by atoms with Gasteiger partial charge in [0, 0.05) is 17.4 Å². The van der Waals surface area contributed by atoms with E-state index in [4.69, 9.17) is 10.1 Å². The molecular formula is C23H19N3S2. The molecule has 0 amide bonds. The zero-order chi connectivity index (χ0) is 18.9. The van der Waals surface area contributed by atoms with Crippen LogP contribution in [-0.2, 0) is 0 Å². The number of benzene rings is 2. The molecule has 0 aliphatic carbocycles. The van der Waals surface area contributed by atoms with Gasteiger partial charge in [-0.2, -0.15) is 5.10 Å². The minimum absolute atomic E-state index is 0.176. The molecule has 1 aliphatic heterocycles. The first-order chi connectivity index (χ1) is 13.8. The lowest BCUT2D eigenvalue weighted by Crippen LogP contribution is -2.18. The van der Waals surface area contributed by atoms with Crippen LogP contribution in [0.25, 0.3) is 11.3 Å². The van der Waals surface area contributed by atoms with E-state index < -0.39 is 0 Å². The maximum absolute atomic E-state index is 4.99. The first kappa shape index (κ1) is 17.3. The number of aryl methyl sites for hydroxylation is 1. The maximum atomic E-state index is 4.99. The van der Waals surface area contributed by atoms with Gasteiger partial charge in [-0.1, -0.05) is 66.2 Å². The standard InChI is InChI=1S/C23H19N3S2/c1-16-9-11-17(12-10-16)20-15-28-23(24-20)26-21(18-6-3-2-4-7-18)14-19(25-26)22-8-5-13-27-22/h2-13,15,21H,14H2,1H3. The SMILES string of the molecule is Cc1ccc(-c2csc(N3N=C(c4cccs4)CC3c3ccccc3)n2)cc1. The Hall–Kier alpha value is -2.76. The van der Waals surface area contributed by atoms with Gasteiger partial charge >= 0.3 is 0 Å². The molecule has 5 rings (SSSR count). The molecule has 0 fully saturated rings. The molecule has 0 radical (unpaired) electrons. The summed E-state index contributed by atoms with van der Waals surface area (Å²) in [7, 11) is 0. The largest absolute Gasteiger partial charge is 0.231 e. The van der Waals surface area contributed by atoms with E-state index in [-0.39, 0.29) is 6.04 Å². The van der Waals surface area contributed by atoms with E-state index in [0.29, 0.717) is 0 Å². The Balaban J connectivity index is 1.52. The van der Waals surface area contributed by atoms with Crippen LogP contribution in [0, 0.1) is 6.92 Å². The topological polar surface area (TPSA) is 28.5 Å². The smallest absolute Gasteiger partial charge is 0.207 e. The molecule has 3 nitrogen and oxygen atoms in total. The molecule has 3 heterocycles. The highest BCUT2D eigenvalue weighted by molar-refractivity contribution is 7.14. The van der Waals surface area contributed by atoms with Crippen molar-refractivity contribution in [2.75, 3.05) is 5.01 Å². The van der Waals surface area contributed by atoms with E-state index in [0.717, 1.165) is 28.5 Å². The number of hydrogen-bond donors (Lipinski definition) is 0. The van der Waals surface area contributed by atoms with Crippen molar-refractivity contribution < 1.29 is 0 Å². The number of thiazole rings is 1. The highest BCUT2D eigenvalue weighted by Gasteiger charge is 2.32. The minimum atomic E-state index is 0.176. The zero-order valence-corrected chi connectivity index (χ0v) is 17.1. The molecule has 2 aromatic heterocycles. The molecule has 0 spiro atoms. The van der Waals surface area contributed by atoms with Gasteiger partial charge in [-0.15, -0.1) is 22.7 Å². The van der Waals surface area contributed by atoms with Crippen LogP contribution in [-0.4, -0.2) is 10.7 Å². The van der Waals surface area contributed by atoms with Crippen LogP contribution >= 0.6 is 22.7 Å². The van der Waals surface area contributed by atoms with Crippen LogP contribution < -0.4 is 5.01 Å². The van der Waals surface area contributed by atoms with E-state index in [1.165, 1.54) is 16.0 Å². The van der Waals surface area contributed by atoms with Crippen LogP contribution in [0.15, 0.2) is 82.6 Å². The van der Waals surface area contributed by atoms with Crippen molar-refractivity contribution in [2.24, 2.45) is 5.10 Å². The summed E-state index contributed by atoms with van der Waals surface area (Å²) in [5.41, 5.74) is 5.81. The van der Waals surface area contributed by atoms with Crippen LogP contribution in [0.3, 0.4) is 0 Å². The van der Waals surface area contributed by atoms with Crippen molar-refractivity contribution in [3.8, 4) is 11.3 Å². The van der Waals surface area contributed by atoms with Crippen molar-refractivity contribution in [1.82, 2.24) is 4.98 Å². The maximum Gasteiger partial charge on any atom is 0.207 e. The Kier molecular flexibility index (Phi) is 4.55. The molecule has 28 heavy (non-hydrogen) atoms. The van der Waals surface area contributed by atoms with Gasteiger partial charge < -0.3 is 0 Å². The van der Waals surface area contributed by atoms with Gasteiger partial charge in [-0.3, -0.25) is 0 Å². The van der Waals surface area contributed by atoms with Gasteiger partial charge in [0.15, 0.2) is 0 Å². The number of hydrogen-bond acceptors (Lipinski definition) is 5. The quantitative estimate of drug-likeness (QED) is 0.389. The highest BCUT2D eigenvalue weighted by atomic mass is 32.1. The van der Waals surface area contributed by atoms with E-state index in [1.54, 1.807) is 22.7 Å². The lowest BCUT2D eigenvalue weighted by Gasteiger charge is -2.21. The van der Waals surface area contributed by atoms with Gasteiger partial charge in [-0.05, 0) is 23.9 Å². The predicted octanol–water partition coefficient (Wildman–Crippen LogP) is 6.54. The molecule has 2 aromatic carbocycles. The van der Waals surface area contributed by atoms with Crippen molar-refractivity contribution in [3.63, 3.8) is 0 Å². The van der Waals surface area contributed by atoms with Gasteiger partial charge in [-0.25, -0.2) is 9.99 Å². The first-order valence-corrected chi connectivity index (χ1v) is 11.0. The molecule has 1 aliphatic rings. The highest BCUT2D eigenvalue weighted by Crippen LogP contribution is 2.39. The van der Waals surface area contributed by atoms with E-state index >= 15 is 0 Å². The third kappa shape index (κ3) is 3.28. The minimum Gasteiger partial charge on any atom is -0.231 e. The summed E-state index contributed by atoms with van der Waals surface area (Å²) in [6.07, 6.45) is 0.893. The van der Waals surface area contributed by atoms with E-state index in [9.17, 15) is 0 Å². The Morgan fingerprint density at radius 2 is 1.75 bits per heavy atom.